The molecule has 0 spiro atoms. The minimum Gasteiger partial charge on any atom is -0.350 e. The third-order valence-corrected chi connectivity index (χ3v) is 8.85. The molecule has 220 valence electrons. The van der Waals surface area contributed by atoms with Gasteiger partial charge in [-0.3, -0.25) is 13.9 Å². The van der Waals surface area contributed by atoms with Crippen molar-refractivity contribution in [2.75, 3.05) is 10.8 Å². The van der Waals surface area contributed by atoms with E-state index >= 15 is 0 Å². The fourth-order valence-corrected chi connectivity index (χ4v) is 6.43. The molecular formula is C31H37Cl2N3O4S. The summed E-state index contributed by atoms with van der Waals surface area (Å²) in [4.78, 5) is 29.1. The van der Waals surface area contributed by atoms with E-state index in [0.29, 0.717) is 34.1 Å². The number of sulfonamides is 1. The lowest BCUT2D eigenvalue weighted by atomic mass is 10.1. The Labute approximate surface area is 253 Å². The number of carbonyl (C=O) groups is 2. The van der Waals surface area contributed by atoms with Crippen LogP contribution in [0.25, 0.3) is 0 Å². The lowest BCUT2D eigenvalue weighted by Crippen LogP contribution is -2.55. The highest BCUT2D eigenvalue weighted by Crippen LogP contribution is 2.29. The van der Waals surface area contributed by atoms with Crippen LogP contribution in [-0.4, -0.2) is 43.3 Å². The first-order valence-electron chi connectivity index (χ1n) is 13.5. The Kier molecular flexibility index (Phi) is 10.9. The summed E-state index contributed by atoms with van der Waals surface area (Å²) < 4.78 is 29.2. The van der Waals surface area contributed by atoms with Crippen LogP contribution in [0, 0.1) is 0 Å². The SMILES string of the molecule is CCc1ccccc1N(CC(=O)N(Cc1ccc(Cl)cc1Cl)[C@H](CC)C(=O)NC(C)(C)C)S(=O)(=O)c1ccccc1. The second-order valence-corrected chi connectivity index (χ2v) is 13.4. The van der Waals surface area contributed by atoms with Crippen LogP contribution in [0.3, 0.4) is 0 Å². The standard InChI is InChI=1S/C31H37Cl2N3O4S/c1-6-22-13-11-12-16-28(22)36(41(39,40)25-14-9-8-10-15-25)21-29(37)35(20-23-17-18-24(32)19-26(23)33)27(7-2)30(38)34-31(3,4)5/h8-19,27H,6-7,20-21H2,1-5H3,(H,34,38)/t27-/m1/s1. The van der Waals surface area contributed by atoms with Gasteiger partial charge in [0.25, 0.3) is 10.0 Å². The van der Waals surface area contributed by atoms with Crippen LogP contribution in [0.2, 0.25) is 10.0 Å². The molecule has 3 rings (SSSR count). The van der Waals surface area contributed by atoms with Gasteiger partial charge in [-0.1, -0.05) is 79.5 Å². The van der Waals surface area contributed by atoms with Crippen molar-refractivity contribution in [2.24, 2.45) is 0 Å². The van der Waals surface area contributed by atoms with E-state index < -0.39 is 34.1 Å². The van der Waals surface area contributed by atoms with Crippen LogP contribution >= 0.6 is 23.2 Å². The zero-order valence-electron chi connectivity index (χ0n) is 24.0. The molecule has 2 amide bonds. The molecule has 0 bridgehead atoms. The Bertz CT molecular complexity index is 1470. The van der Waals surface area contributed by atoms with Gasteiger partial charge in [-0.25, -0.2) is 8.42 Å². The minimum absolute atomic E-state index is 0.0143. The number of nitrogens with zero attached hydrogens (tertiary/aromatic N) is 2. The summed E-state index contributed by atoms with van der Waals surface area (Å²) in [5.74, 6) is -0.887. The maximum absolute atomic E-state index is 14.2. The molecule has 41 heavy (non-hydrogen) atoms. The van der Waals surface area contributed by atoms with Gasteiger partial charge in [0.05, 0.1) is 10.6 Å². The van der Waals surface area contributed by atoms with Crippen molar-refractivity contribution in [1.82, 2.24) is 10.2 Å². The minimum atomic E-state index is -4.14. The zero-order chi connectivity index (χ0) is 30.4. The Morgan fingerprint density at radius 3 is 2.12 bits per heavy atom. The number of hydrogen-bond acceptors (Lipinski definition) is 4. The average Bonchev–Trinajstić information content (AvgIpc) is 2.92. The van der Waals surface area contributed by atoms with Gasteiger partial charge in [0.1, 0.15) is 12.6 Å². The Balaban J connectivity index is 2.12. The molecule has 0 aromatic heterocycles. The van der Waals surface area contributed by atoms with Gasteiger partial charge < -0.3 is 10.2 Å². The molecule has 0 aliphatic heterocycles. The fraction of sp³-hybridized carbons (Fsp3) is 0.355. The van der Waals surface area contributed by atoms with Gasteiger partial charge in [0.15, 0.2) is 0 Å². The predicted molar refractivity (Wildman–Crippen MR) is 166 cm³/mol. The molecule has 0 heterocycles. The van der Waals surface area contributed by atoms with Crippen molar-refractivity contribution in [2.45, 2.75) is 70.5 Å². The van der Waals surface area contributed by atoms with E-state index in [2.05, 4.69) is 5.32 Å². The summed E-state index contributed by atoms with van der Waals surface area (Å²) >= 11 is 12.6. The first-order chi connectivity index (χ1) is 19.3. The number of para-hydroxylation sites is 1. The van der Waals surface area contributed by atoms with E-state index in [0.717, 1.165) is 9.87 Å². The number of aryl methyl sites for hydroxylation is 1. The van der Waals surface area contributed by atoms with E-state index in [-0.39, 0.29) is 17.3 Å². The summed E-state index contributed by atoms with van der Waals surface area (Å²) in [7, 11) is -4.14. The second-order valence-electron chi connectivity index (χ2n) is 10.7. The number of benzene rings is 3. The van der Waals surface area contributed by atoms with E-state index in [1.165, 1.54) is 17.0 Å². The van der Waals surface area contributed by atoms with Crippen LogP contribution in [0.4, 0.5) is 5.69 Å². The molecule has 0 radical (unpaired) electrons. The largest absolute Gasteiger partial charge is 0.350 e. The monoisotopic (exact) mass is 617 g/mol. The zero-order valence-corrected chi connectivity index (χ0v) is 26.4. The number of amides is 2. The topological polar surface area (TPSA) is 86.8 Å². The van der Waals surface area contributed by atoms with Crippen molar-refractivity contribution >= 4 is 50.7 Å². The molecule has 3 aromatic rings. The molecule has 0 saturated heterocycles. The summed E-state index contributed by atoms with van der Waals surface area (Å²) in [6.45, 7) is 8.77. The van der Waals surface area contributed by atoms with Crippen LogP contribution in [-0.2, 0) is 32.6 Å². The van der Waals surface area contributed by atoms with Gasteiger partial charge in [-0.05, 0) is 75.1 Å². The lowest BCUT2D eigenvalue weighted by Gasteiger charge is -2.35. The molecule has 1 atom stereocenters. The maximum atomic E-state index is 14.2. The first kappa shape index (κ1) is 32.4. The number of halogens is 2. The Morgan fingerprint density at radius 1 is 0.902 bits per heavy atom. The van der Waals surface area contributed by atoms with E-state index in [1.54, 1.807) is 48.5 Å². The molecule has 0 unspecified atom stereocenters. The third kappa shape index (κ3) is 8.24. The van der Waals surface area contributed by atoms with Crippen molar-refractivity contribution in [1.29, 1.82) is 0 Å². The molecule has 7 nitrogen and oxygen atoms in total. The van der Waals surface area contributed by atoms with Gasteiger partial charge in [0, 0.05) is 22.1 Å². The summed E-state index contributed by atoms with van der Waals surface area (Å²) in [5, 5.41) is 3.73. The van der Waals surface area contributed by atoms with Crippen molar-refractivity contribution in [3.63, 3.8) is 0 Å². The summed E-state index contributed by atoms with van der Waals surface area (Å²) in [5.41, 5.74) is 1.21. The highest BCUT2D eigenvalue weighted by molar-refractivity contribution is 7.92. The van der Waals surface area contributed by atoms with Gasteiger partial charge in [-0.2, -0.15) is 0 Å². The van der Waals surface area contributed by atoms with Gasteiger partial charge in [-0.15, -0.1) is 0 Å². The van der Waals surface area contributed by atoms with Crippen LogP contribution in [0.5, 0.6) is 0 Å². The number of rotatable bonds is 11. The van der Waals surface area contributed by atoms with Crippen molar-refractivity contribution in [3.8, 4) is 0 Å². The quantitative estimate of drug-likeness (QED) is 0.267. The van der Waals surface area contributed by atoms with Crippen LogP contribution in [0.15, 0.2) is 77.7 Å². The molecule has 0 saturated carbocycles. The maximum Gasteiger partial charge on any atom is 0.264 e. The smallest absolute Gasteiger partial charge is 0.264 e. The second kappa shape index (κ2) is 13.7. The first-order valence-corrected chi connectivity index (χ1v) is 15.7. The molecule has 0 aliphatic rings. The molecule has 1 N–H and O–H groups in total. The number of hydrogen-bond donors (Lipinski definition) is 1. The highest BCUT2D eigenvalue weighted by Gasteiger charge is 2.35. The normalized spacial score (nSPS) is 12.5. The molecular weight excluding hydrogens is 581 g/mol. The summed E-state index contributed by atoms with van der Waals surface area (Å²) in [6.07, 6.45) is 0.858. The molecule has 10 heteroatoms. The fourth-order valence-electron chi connectivity index (χ4n) is 4.49. The number of nitrogens with one attached hydrogen (secondary N) is 1. The van der Waals surface area contributed by atoms with Crippen molar-refractivity contribution < 1.29 is 18.0 Å². The molecule has 0 fully saturated rings. The van der Waals surface area contributed by atoms with Gasteiger partial charge >= 0.3 is 0 Å². The Morgan fingerprint density at radius 2 is 1.54 bits per heavy atom. The molecule has 3 aromatic carbocycles. The van der Waals surface area contributed by atoms with Crippen LogP contribution < -0.4 is 9.62 Å². The Hall–Kier alpha value is -3.07. The summed E-state index contributed by atoms with van der Waals surface area (Å²) in [6, 6.07) is 19.1. The molecule has 0 aliphatic carbocycles. The predicted octanol–water partition coefficient (Wildman–Crippen LogP) is 6.47. The number of carbonyl (C=O) groups excluding carboxylic acids is 2. The van der Waals surface area contributed by atoms with E-state index in [9.17, 15) is 18.0 Å². The lowest BCUT2D eigenvalue weighted by molar-refractivity contribution is -0.141. The van der Waals surface area contributed by atoms with E-state index in [4.69, 9.17) is 23.2 Å². The number of anilines is 1. The van der Waals surface area contributed by atoms with Crippen LogP contribution in [0.1, 0.15) is 52.2 Å². The van der Waals surface area contributed by atoms with Gasteiger partial charge in [0.2, 0.25) is 11.8 Å². The van der Waals surface area contributed by atoms with E-state index in [1.807, 2.05) is 46.8 Å². The highest BCUT2D eigenvalue weighted by atomic mass is 35.5. The average molecular weight is 619 g/mol. The third-order valence-electron chi connectivity index (χ3n) is 6.49. The van der Waals surface area contributed by atoms with Crippen molar-refractivity contribution in [3.05, 3.63) is 94.0 Å².